The number of allylic oxidation sites excluding steroid dienone is 1. The molecule has 0 radical (unpaired) electrons. The van der Waals surface area contributed by atoms with Crippen molar-refractivity contribution in [3.05, 3.63) is 54.6 Å². The third-order valence-electron chi connectivity index (χ3n) is 4.19. The summed E-state index contributed by atoms with van der Waals surface area (Å²) >= 11 is 0. The van der Waals surface area contributed by atoms with E-state index < -0.39 is 0 Å². The number of fused-ring (bicyclic) bond motifs is 1. The molecule has 1 aromatic carbocycles. The molecule has 132 valence electrons. The van der Waals surface area contributed by atoms with E-state index in [1.165, 1.54) is 4.90 Å². The van der Waals surface area contributed by atoms with Crippen LogP contribution < -0.4 is 4.90 Å². The van der Waals surface area contributed by atoms with Crippen LogP contribution in [-0.4, -0.2) is 27.2 Å². The summed E-state index contributed by atoms with van der Waals surface area (Å²) in [6.45, 7) is 4.03. The second-order valence-corrected chi connectivity index (χ2v) is 5.91. The lowest BCUT2D eigenvalue weighted by Crippen LogP contribution is -2.33. The number of hydrogen-bond acceptors (Lipinski definition) is 5. The zero-order valence-corrected chi connectivity index (χ0v) is 14.6. The molecule has 2 heterocycles. The summed E-state index contributed by atoms with van der Waals surface area (Å²) in [5, 5.41) is 17.5. The molecule has 7 nitrogen and oxygen atoms in total. The predicted octanol–water partition coefficient (Wildman–Crippen LogP) is 2.97. The van der Waals surface area contributed by atoms with E-state index in [0.717, 1.165) is 16.5 Å². The minimum Gasteiger partial charge on any atom is -0.394 e. The average Bonchev–Trinajstić information content (AvgIpc) is 3.26. The van der Waals surface area contributed by atoms with E-state index in [2.05, 4.69) is 39.7 Å². The lowest BCUT2D eigenvalue weighted by Gasteiger charge is -2.17. The van der Waals surface area contributed by atoms with Crippen LogP contribution in [-0.2, 0) is 18.3 Å². The van der Waals surface area contributed by atoms with Crippen LogP contribution in [0.3, 0.4) is 0 Å². The molecule has 0 fully saturated rings. The standard InChI is InChI=1S/C19H19N5O2/c1-3-4-9-18(25)24(19-22-21-17(12-20)26-19)11-10-14-13-23(2)16-8-6-5-7-15(14)16/h3,5-8,13H,1,4,9-11H2,2H3. The van der Waals surface area contributed by atoms with E-state index in [-0.39, 0.29) is 17.8 Å². The molecule has 0 atom stereocenters. The van der Waals surface area contributed by atoms with Crippen LogP contribution >= 0.6 is 0 Å². The van der Waals surface area contributed by atoms with Gasteiger partial charge in [0.1, 0.15) is 0 Å². The van der Waals surface area contributed by atoms with Crippen molar-refractivity contribution in [1.82, 2.24) is 14.8 Å². The fraction of sp³-hybridized carbons (Fsp3) is 0.263. The van der Waals surface area contributed by atoms with Gasteiger partial charge in [-0.2, -0.15) is 5.26 Å². The lowest BCUT2D eigenvalue weighted by atomic mass is 10.1. The maximum Gasteiger partial charge on any atom is 0.325 e. The maximum absolute atomic E-state index is 12.6. The van der Waals surface area contributed by atoms with Crippen molar-refractivity contribution in [3.63, 3.8) is 0 Å². The zero-order valence-electron chi connectivity index (χ0n) is 14.6. The van der Waals surface area contributed by atoms with Gasteiger partial charge in [0.15, 0.2) is 6.07 Å². The van der Waals surface area contributed by atoms with Crippen LogP contribution in [0.15, 0.2) is 47.5 Å². The first-order valence-electron chi connectivity index (χ1n) is 8.32. The van der Waals surface area contributed by atoms with Gasteiger partial charge in [-0.3, -0.25) is 9.69 Å². The van der Waals surface area contributed by atoms with Gasteiger partial charge in [0.25, 0.3) is 0 Å². The number of benzene rings is 1. The third kappa shape index (κ3) is 3.49. The number of nitriles is 1. The number of anilines is 1. The number of rotatable bonds is 7. The van der Waals surface area contributed by atoms with E-state index in [0.29, 0.717) is 25.8 Å². The largest absolute Gasteiger partial charge is 0.394 e. The van der Waals surface area contributed by atoms with Gasteiger partial charge in [-0.05, 0) is 24.5 Å². The molecule has 0 aliphatic carbocycles. The molecule has 2 aromatic heterocycles. The minimum absolute atomic E-state index is 0.0517. The first kappa shape index (κ1) is 17.4. The summed E-state index contributed by atoms with van der Waals surface area (Å²) in [7, 11) is 2.00. The summed E-state index contributed by atoms with van der Waals surface area (Å²) < 4.78 is 7.33. The Morgan fingerprint density at radius 3 is 2.96 bits per heavy atom. The van der Waals surface area contributed by atoms with Gasteiger partial charge in [-0.1, -0.05) is 34.5 Å². The molecule has 3 aromatic rings. The number of amides is 1. The van der Waals surface area contributed by atoms with Crippen LogP contribution in [0.4, 0.5) is 6.01 Å². The van der Waals surface area contributed by atoms with Gasteiger partial charge in [0, 0.05) is 37.1 Å². The molecule has 0 aliphatic rings. The SMILES string of the molecule is C=CCCC(=O)N(CCc1cn(C)c2ccccc12)c1nnc(C#N)o1. The summed E-state index contributed by atoms with van der Waals surface area (Å²) in [5.41, 5.74) is 2.27. The number of para-hydroxylation sites is 1. The Bertz CT molecular complexity index is 979. The number of nitrogens with zero attached hydrogens (tertiary/aromatic N) is 5. The minimum atomic E-state index is -0.160. The van der Waals surface area contributed by atoms with Gasteiger partial charge in [0.05, 0.1) is 0 Å². The maximum atomic E-state index is 12.6. The molecular weight excluding hydrogens is 330 g/mol. The van der Waals surface area contributed by atoms with Crippen LogP contribution in [0.1, 0.15) is 24.3 Å². The van der Waals surface area contributed by atoms with Crippen LogP contribution in [0, 0.1) is 11.3 Å². The molecule has 0 unspecified atom stereocenters. The number of carbonyl (C=O) groups is 1. The van der Waals surface area contributed by atoms with Gasteiger partial charge in [-0.25, -0.2) is 0 Å². The van der Waals surface area contributed by atoms with Crippen molar-refractivity contribution < 1.29 is 9.21 Å². The quantitative estimate of drug-likeness (QED) is 0.612. The van der Waals surface area contributed by atoms with Crippen molar-refractivity contribution in [2.24, 2.45) is 7.05 Å². The molecule has 7 heteroatoms. The normalized spacial score (nSPS) is 10.6. The fourth-order valence-electron chi connectivity index (χ4n) is 2.91. The molecule has 3 rings (SSSR count). The molecule has 0 saturated carbocycles. The number of aromatic nitrogens is 3. The highest BCUT2D eigenvalue weighted by Crippen LogP contribution is 2.22. The molecule has 0 saturated heterocycles. The van der Waals surface area contributed by atoms with E-state index in [4.69, 9.17) is 9.68 Å². The molecule has 26 heavy (non-hydrogen) atoms. The number of aryl methyl sites for hydroxylation is 1. The fourth-order valence-corrected chi connectivity index (χ4v) is 2.91. The Morgan fingerprint density at radius 1 is 1.42 bits per heavy atom. The number of hydrogen-bond donors (Lipinski definition) is 0. The third-order valence-corrected chi connectivity index (χ3v) is 4.19. The van der Waals surface area contributed by atoms with E-state index in [1.807, 2.05) is 19.2 Å². The van der Waals surface area contributed by atoms with Crippen molar-refractivity contribution in [3.8, 4) is 6.07 Å². The van der Waals surface area contributed by atoms with Gasteiger partial charge >= 0.3 is 11.9 Å². The molecular formula is C19H19N5O2. The lowest BCUT2D eigenvalue weighted by molar-refractivity contribution is -0.118. The topological polar surface area (TPSA) is 88.0 Å². The van der Waals surface area contributed by atoms with Crippen LogP contribution in [0.2, 0.25) is 0 Å². The monoisotopic (exact) mass is 349 g/mol. The second kappa shape index (κ2) is 7.66. The Kier molecular flexibility index (Phi) is 5.13. The van der Waals surface area contributed by atoms with E-state index in [1.54, 1.807) is 12.1 Å². The second-order valence-electron chi connectivity index (χ2n) is 5.91. The summed E-state index contributed by atoms with van der Waals surface area (Å²) in [4.78, 5) is 14.0. The first-order valence-corrected chi connectivity index (χ1v) is 8.32. The average molecular weight is 349 g/mol. The van der Waals surface area contributed by atoms with Gasteiger partial charge in [-0.15, -0.1) is 6.58 Å². The van der Waals surface area contributed by atoms with Crippen LogP contribution in [0.25, 0.3) is 10.9 Å². The van der Waals surface area contributed by atoms with Gasteiger partial charge in [0.2, 0.25) is 5.91 Å². The Hall–Kier alpha value is -3.40. The summed E-state index contributed by atoms with van der Waals surface area (Å²) in [6, 6.07) is 9.96. The molecule has 0 aliphatic heterocycles. The summed E-state index contributed by atoms with van der Waals surface area (Å²) in [5.74, 6) is -0.301. The highest BCUT2D eigenvalue weighted by Gasteiger charge is 2.21. The summed E-state index contributed by atoms with van der Waals surface area (Å²) in [6.07, 6.45) is 5.23. The van der Waals surface area contributed by atoms with Crippen molar-refractivity contribution in [2.75, 3.05) is 11.4 Å². The van der Waals surface area contributed by atoms with Crippen molar-refractivity contribution >= 4 is 22.8 Å². The van der Waals surface area contributed by atoms with Gasteiger partial charge < -0.3 is 8.98 Å². The predicted molar refractivity (Wildman–Crippen MR) is 97.4 cm³/mol. The molecule has 0 bridgehead atoms. The first-order chi connectivity index (χ1) is 12.6. The van der Waals surface area contributed by atoms with E-state index in [9.17, 15) is 4.79 Å². The van der Waals surface area contributed by atoms with Crippen molar-refractivity contribution in [1.29, 1.82) is 5.26 Å². The molecule has 1 amide bonds. The highest BCUT2D eigenvalue weighted by atomic mass is 16.4. The zero-order chi connectivity index (χ0) is 18.5. The Morgan fingerprint density at radius 2 is 2.23 bits per heavy atom. The smallest absolute Gasteiger partial charge is 0.325 e. The molecule has 0 spiro atoms. The number of carbonyl (C=O) groups excluding carboxylic acids is 1. The Labute approximate surface area is 151 Å². The van der Waals surface area contributed by atoms with Crippen molar-refractivity contribution in [2.45, 2.75) is 19.3 Å². The highest BCUT2D eigenvalue weighted by molar-refractivity contribution is 5.91. The van der Waals surface area contributed by atoms with Crippen LogP contribution in [0.5, 0.6) is 0 Å². The Balaban J connectivity index is 1.84. The molecule has 0 N–H and O–H groups in total. The van der Waals surface area contributed by atoms with E-state index >= 15 is 0 Å².